The van der Waals surface area contributed by atoms with E-state index in [1.807, 2.05) is 0 Å². The van der Waals surface area contributed by atoms with Crippen molar-refractivity contribution >= 4 is 56.8 Å². The van der Waals surface area contributed by atoms with Crippen LogP contribution in [0.5, 0.6) is 0 Å². The second kappa shape index (κ2) is 11.6. The van der Waals surface area contributed by atoms with Gasteiger partial charge in [-0.25, -0.2) is 13.2 Å². The lowest BCUT2D eigenvalue weighted by atomic mass is 10.2. The molecule has 0 atom stereocenters. The highest BCUT2D eigenvalue weighted by molar-refractivity contribution is 7.89. The molecular weight excluding hydrogens is 525 g/mol. The molecule has 0 aliphatic carbocycles. The van der Waals surface area contributed by atoms with Crippen LogP contribution < -0.4 is 0 Å². The third kappa shape index (κ3) is 6.55. The van der Waals surface area contributed by atoms with Crippen LogP contribution in [0, 0.1) is 0 Å². The molecule has 2 aromatic carbocycles. The molecule has 1 aliphatic rings. The largest absolute Gasteiger partial charge is 0.450 e. The van der Waals surface area contributed by atoms with E-state index in [0.29, 0.717) is 28.7 Å². The summed E-state index contributed by atoms with van der Waals surface area (Å²) in [6.07, 6.45) is -0.429. The number of hydrogen-bond acceptors (Lipinski definition) is 5. The predicted octanol–water partition coefficient (Wildman–Crippen LogP) is 4.14. The summed E-state index contributed by atoms with van der Waals surface area (Å²) in [6.45, 7) is 2.69. The third-order valence-electron chi connectivity index (χ3n) is 5.26. The number of hydrogen-bond donors (Lipinski definition) is 0. The smallest absolute Gasteiger partial charge is 0.409 e. The molecule has 34 heavy (non-hydrogen) atoms. The first-order valence-corrected chi connectivity index (χ1v) is 13.1. The number of nitrogens with zero attached hydrogens (tertiary/aromatic N) is 3. The van der Waals surface area contributed by atoms with Gasteiger partial charge < -0.3 is 14.5 Å². The third-order valence-corrected chi connectivity index (χ3v) is 8.06. The topological polar surface area (TPSA) is 87.2 Å². The van der Waals surface area contributed by atoms with Crippen molar-refractivity contribution in [1.82, 2.24) is 14.1 Å². The number of sulfonamides is 1. The fourth-order valence-electron chi connectivity index (χ4n) is 3.43. The monoisotopic (exact) mass is 547 g/mol. The van der Waals surface area contributed by atoms with Crippen molar-refractivity contribution in [1.29, 1.82) is 0 Å². The fourth-order valence-corrected chi connectivity index (χ4v) is 5.25. The van der Waals surface area contributed by atoms with Crippen LogP contribution >= 0.6 is 34.8 Å². The molecule has 0 spiro atoms. The second-order valence-electron chi connectivity index (χ2n) is 7.54. The van der Waals surface area contributed by atoms with E-state index in [1.54, 1.807) is 25.1 Å². The molecule has 1 heterocycles. The molecule has 0 saturated carbocycles. The summed E-state index contributed by atoms with van der Waals surface area (Å²) in [5.74, 6) is -0.374. The van der Waals surface area contributed by atoms with Crippen LogP contribution in [0.3, 0.4) is 0 Å². The molecule has 12 heteroatoms. The van der Waals surface area contributed by atoms with Crippen LogP contribution in [0.4, 0.5) is 4.79 Å². The number of benzene rings is 2. The molecule has 0 bridgehead atoms. The van der Waals surface area contributed by atoms with Crippen molar-refractivity contribution in [3.63, 3.8) is 0 Å². The van der Waals surface area contributed by atoms with Crippen molar-refractivity contribution in [2.75, 3.05) is 39.3 Å². The maximum atomic E-state index is 13.4. The van der Waals surface area contributed by atoms with E-state index in [-0.39, 0.29) is 48.6 Å². The lowest BCUT2D eigenvalue weighted by molar-refractivity contribution is -0.133. The van der Waals surface area contributed by atoms with E-state index in [2.05, 4.69) is 0 Å². The summed E-state index contributed by atoms with van der Waals surface area (Å²) in [5.41, 5.74) is 0.576. The molecule has 0 radical (unpaired) electrons. The van der Waals surface area contributed by atoms with Gasteiger partial charge in [-0.3, -0.25) is 4.79 Å². The molecule has 0 aromatic heterocycles. The first-order valence-electron chi connectivity index (χ1n) is 10.5. The first-order chi connectivity index (χ1) is 16.1. The Hall–Kier alpha value is -2.04. The molecular formula is C22H24Cl3N3O5S. The number of amides is 2. The Balaban J connectivity index is 1.79. The molecule has 8 nitrogen and oxygen atoms in total. The Kier molecular flexibility index (Phi) is 9.06. The first kappa shape index (κ1) is 26.6. The number of halogens is 3. The summed E-state index contributed by atoms with van der Waals surface area (Å²) in [7, 11) is -4.04. The number of rotatable bonds is 7. The van der Waals surface area contributed by atoms with Crippen molar-refractivity contribution in [3.8, 4) is 0 Å². The van der Waals surface area contributed by atoms with Gasteiger partial charge in [0.25, 0.3) is 0 Å². The Morgan fingerprint density at radius 3 is 2.15 bits per heavy atom. The average Bonchev–Trinajstić information content (AvgIpc) is 2.81. The van der Waals surface area contributed by atoms with Crippen LogP contribution in [-0.4, -0.2) is 73.9 Å². The molecule has 2 amide bonds. The Labute approximate surface area is 214 Å². The highest BCUT2D eigenvalue weighted by atomic mass is 35.5. The van der Waals surface area contributed by atoms with Gasteiger partial charge in [0.2, 0.25) is 15.9 Å². The van der Waals surface area contributed by atoms with Crippen LogP contribution in [0.1, 0.15) is 12.5 Å². The minimum absolute atomic E-state index is 0.0110. The molecule has 2 aromatic rings. The lowest BCUT2D eigenvalue weighted by Gasteiger charge is -2.35. The van der Waals surface area contributed by atoms with Gasteiger partial charge in [-0.1, -0.05) is 40.9 Å². The Morgan fingerprint density at radius 2 is 1.56 bits per heavy atom. The summed E-state index contributed by atoms with van der Waals surface area (Å²) in [4.78, 5) is 28.0. The number of piperazine rings is 1. The molecule has 3 rings (SSSR count). The average molecular weight is 549 g/mol. The van der Waals surface area contributed by atoms with Gasteiger partial charge in [0.05, 0.1) is 28.1 Å². The van der Waals surface area contributed by atoms with E-state index in [9.17, 15) is 18.0 Å². The number of carbonyl (C=O) groups excluding carboxylic acids is 2. The summed E-state index contributed by atoms with van der Waals surface area (Å²) < 4.78 is 32.9. The quantitative estimate of drug-likeness (QED) is 0.519. The fraction of sp³-hybridized carbons (Fsp3) is 0.364. The summed E-state index contributed by atoms with van der Waals surface area (Å²) in [5, 5.41) is 1.02. The lowest BCUT2D eigenvalue weighted by Crippen LogP contribution is -2.53. The molecule has 0 N–H and O–H groups in total. The van der Waals surface area contributed by atoms with Gasteiger partial charge in [0.15, 0.2) is 0 Å². The molecule has 1 aliphatic heterocycles. The minimum Gasteiger partial charge on any atom is -0.450 e. The minimum atomic E-state index is -4.04. The van der Waals surface area contributed by atoms with Gasteiger partial charge >= 0.3 is 6.09 Å². The SMILES string of the molecule is CCOC(=O)N1CCN(C(=O)CN(Cc2ccc(Cl)c(Cl)c2)S(=O)(=O)c2ccc(Cl)cc2)CC1. The number of ether oxygens (including phenoxy) is 1. The van der Waals surface area contributed by atoms with Crippen LogP contribution in [0.25, 0.3) is 0 Å². The molecule has 1 saturated heterocycles. The van der Waals surface area contributed by atoms with Gasteiger partial charge in [-0.2, -0.15) is 4.31 Å². The van der Waals surface area contributed by atoms with Crippen molar-refractivity contribution in [3.05, 3.63) is 63.1 Å². The maximum absolute atomic E-state index is 13.4. The highest BCUT2D eigenvalue weighted by Gasteiger charge is 2.31. The summed E-state index contributed by atoms with van der Waals surface area (Å²) >= 11 is 18.0. The number of carbonyl (C=O) groups is 2. The molecule has 1 fully saturated rings. The van der Waals surface area contributed by atoms with E-state index in [1.165, 1.54) is 34.1 Å². The van der Waals surface area contributed by atoms with Crippen LogP contribution in [0.2, 0.25) is 15.1 Å². The van der Waals surface area contributed by atoms with Gasteiger partial charge in [-0.05, 0) is 48.9 Å². The molecule has 184 valence electrons. The van der Waals surface area contributed by atoms with Crippen molar-refractivity contribution in [2.24, 2.45) is 0 Å². The standard InChI is InChI=1S/C22H24Cl3N3O5S/c1-2-33-22(30)27-11-9-26(10-12-27)21(29)15-28(14-16-3-8-19(24)20(25)13-16)34(31,32)18-6-4-17(23)5-7-18/h3-8,13H,2,9-12,14-15H2,1H3. The van der Waals surface area contributed by atoms with Crippen molar-refractivity contribution < 1.29 is 22.7 Å². The normalized spacial score (nSPS) is 14.4. The van der Waals surface area contributed by atoms with E-state index in [0.717, 1.165) is 4.31 Å². The highest BCUT2D eigenvalue weighted by Crippen LogP contribution is 2.26. The maximum Gasteiger partial charge on any atom is 0.409 e. The van der Waals surface area contributed by atoms with E-state index in [4.69, 9.17) is 39.5 Å². The molecule has 0 unspecified atom stereocenters. The Morgan fingerprint density at radius 1 is 0.941 bits per heavy atom. The van der Waals surface area contributed by atoms with Crippen LogP contribution in [0.15, 0.2) is 47.4 Å². The van der Waals surface area contributed by atoms with Crippen LogP contribution in [-0.2, 0) is 26.1 Å². The Bertz CT molecular complexity index is 1140. The second-order valence-corrected chi connectivity index (χ2v) is 10.7. The van der Waals surface area contributed by atoms with Crippen molar-refractivity contribution in [2.45, 2.75) is 18.4 Å². The zero-order valence-electron chi connectivity index (χ0n) is 18.4. The predicted molar refractivity (Wildman–Crippen MR) is 131 cm³/mol. The zero-order chi connectivity index (χ0) is 24.9. The van der Waals surface area contributed by atoms with E-state index < -0.39 is 16.1 Å². The van der Waals surface area contributed by atoms with Gasteiger partial charge in [0, 0.05) is 37.7 Å². The summed E-state index contributed by atoms with van der Waals surface area (Å²) in [6, 6.07) is 10.5. The van der Waals surface area contributed by atoms with Gasteiger partial charge in [-0.15, -0.1) is 0 Å². The van der Waals surface area contributed by atoms with Gasteiger partial charge in [0.1, 0.15) is 0 Å². The van der Waals surface area contributed by atoms with E-state index >= 15 is 0 Å². The zero-order valence-corrected chi connectivity index (χ0v) is 21.5.